The van der Waals surface area contributed by atoms with Crippen LogP contribution in [0.5, 0.6) is 5.75 Å². The topological polar surface area (TPSA) is 60.3 Å². The van der Waals surface area contributed by atoms with Crippen molar-refractivity contribution >= 4 is 17.5 Å². The third-order valence-corrected chi connectivity index (χ3v) is 4.49. The first-order valence-corrected chi connectivity index (χ1v) is 8.31. The number of aromatic nitrogens is 1. The summed E-state index contributed by atoms with van der Waals surface area (Å²) in [6.45, 7) is 1.04. The summed E-state index contributed by atoms with van der Waals surface area (Å²) in [6.07, 6.45) is 2.62. The summed E-state index contributed by atoms with van der Waals surface area (Å²) in [5.74, 6) is 0.106. The van der Waals surface area contributed by atoms with Crippen LogP contribution in [-0.2, 0) is 19.5 Å². The second kappa shape index (κ2) is 7.09. The number of pyridine rings is 1. The first kappa shape index (κ1) is 16.6. The molecule has 2 heterocycles. The molecule has 0 bridgehead atoms. The van der Waals surface area contributed by atoms with Crippen LogP contribution in [0.3, 0.4) is 0 Å². The van der Waals surface area contributed by atoms with Crippen LogP contribution in [0, 0.1) is 0 Å². The number of methoxy groups -OCH3 is 1. The molecule has 24 heavy (non-hydrogen) atoms. The molecule has 1 amide bonds. The molecule has 2 aromatic rings. The standard InChI is InChI=1S/C18H19ClN2O3/c1-24-15-10-16(22)21-9-3-2-4-14(21)17(15)18(23)20-11-12-5-7-13(19)8-6-12/h5-8,10H,2-4,9,11H2,1H3,(H,20,23). The Labute approximate surface area is 145 Å². The van der Waals surface area contributed by atoms with Crippen LogP contribution in [0.25, 0.3) is 0 Å². The Hall–Kier alpha value is -2.27. The number of halogens is 1. The molecule has 0 unspecified atom stereocenters. The lowest BCUT2D eigenvalue weighted by Crippen LogP contribution is -2.32. The second-order valence-electron chi connectivity index (χ2n) is 5.79. The van der Waals surface area contributed by atoms with Gasteiger partial charge in [0.05, 0.1) is 7.11 Å². The number of carbonyl (C=O) groups excluding carboxylic acids is 1. The number of rotatable bonds is 4. The van der Waals surface area contributed by atoms with Gasteiger partial charge in [-0.1, -0.05) is 23.7 Å². The predicted octanol–water partition coefficient (Wildman–Crippen LogP) is 2.78. The van der Waals surface area contributed by atoms with E-state index < -0.39 is 0 Å². The molecule has 3 rings (SSSR count). The van der Waals surface area contributed by atoms with Crippen molar-refractivity contribution < 1.29 is 9.53 Å². The Morgan fingerprint density at radius 1 is 1.29 bits per heavy atom. The normalized spacial score (nSPS) is 13.2. The van der Waals surface area contributed by atoms with E-state index in [0.717, 1.165) is 24.1 Å². The van der Waals surface area contributed by atoms with E-state index in [-0.39, 0.29) is 11.5 Å². The van der Waals surface area contributed by atoms with Gasteiger partial charge in [0.2, 0.25) is 0 Å². The molecule has 0 fully saturated rings. The Kier molecular flexibility index (Phi) is 4.90. The molecule has 1 aliphatic heterocycles. The zero-order valence-corrected chi connectivity index (χ0v) is 14.2. The van der Waals surface area contributed by atoms with Crippen LogP contribution in [0.15, 0.2) is 35.1 Å². The lowest BCUT2D eigenvalue weighted by molar-refractivity contribution is 0.0945. The maximum Gasteiger partial charge on any atom is 0.257 e. The van der Waals surface area contributed by atoms with Crippen molar-refractivity contribution in [1.82, 2.24) is 9.88 Å². The Morgan fingerprint density at radius 3 is 2.75 bits per heavy atom. The molecule has 0 saturated heterocycles. The van der Waals surface area contributed by atoms with Gasteiger partial charge in [-0.05, 0) is 37.0 Å². The molecule has 1 aromatic carbocycles. The molecule has 0 saturated carbocycles. The molecule has 126 valence electrons. The number of nitrogens with zero attached hydrogens (tertiary/aromatic N) is 1. The van der Waals surface area contributed by atoms with Gasteiger partial charge < -0.3 is 14.6 Å². The van der Waals surface area contributed by atoms with Gasteiger partial charge in [0.1, 0.15) is 11.3 Å². The van der Waals surface area contributed by atoms with Crippen molar-refractivity contribution in [2.24, 2.45) is 0 Å². The molecule has 1 aromatic heterocycles. The van der Waals surface area contributed by atoms with E-state index in [2.05, 4.69) is 5.32 Å². The fourth-order valence-electron chi connectivity index (χ4n) is 3.02. The zero-order valence-electron chi connectivity index (χ0n) is 13.5. The average Bonchev–Trinajstić information content (AvgIpc) is 2.61. The first-order valence-electron chi connectivity index (χ1n) is 7.93. The molecule has 0 radical (unpaired) electrons. The molecular weight excluding hydrogens is 328 g/mol. The summed E-state index contributed by atoms with van der Waals surface area (Å²) in [7, 11) is 1.48. The van der Waals surface area contributed by atoms with E-state index in [1.807, 2.05) is 12.1 Å². The Morgan fingerprint density at radius 2 is 2.04 bits per heavy atom. The van der Waals surface area contributed by atoms with Crippen LogP contribution in [0.1, 0.15) is 34.5 Å². The minimum atomic E-state index is -0.229. The highest BCUT2D eigenvalue weighted by molar-refractivity contribution is 6.30. The molecule has 1 N–H and O–H groups in total. The van der Waals surface area contributed by atoms with Gasteiger partial charge in [0, 0.05) is 29.9 Å². The van der Waals surface area contributed by atoms with Gasteiger partial charge >= 0.3 is 0 Å². The van der Waals surface area contributed by atoms with Crippen LogP contribution >= 0.6 is 11.6 Å². The third-order valence-electron chi connectivity index (χ3n) is 4.24. The SMILES string of the molecule is COc1cc(=O)n2c(c1C(=O)NCc1ccc(Cl)cc1)CCCC2. The lowest BCUT2D eigenvalue weighted by Gasteiger charge is -2.22. The van der Waals surface area contributed by atoms with Gasteiger partial charge in [0.25, 0.3) is 11.5 Å². The number of carbonyl (C=O) groups is 1. The summed E-state index contributed by atoms with van der Waals surface area (Å²) in [5.41, 5.74) is 2.06. The fraction of sp³-hybridized carbons (Fsp3) is 0.333. The van der Waals surface area contributed by atoms with Gasteiger partial charge in [-0.25, -0.2) is 0 Å². The van der Waals surface area contributed by atoms with Crippen LogP contribution < -0.4 is 15.6 Å². The number of hydrogen-bond acceptors (Lipinski definition) is 3. The van der Waals surface area contributed by atoms with Crippen molar-refractivity contribution in [3.05, 3.63) is 62.5 Å². The van der Waals surface area contributed by atoms with Crippen molar-refractivity contribution in [3.8, 4) is 5.75 Å². The van der Waals surface area contributed by atoms with E-state index in [1.54, 1.807) is 16.7 Å². The van der Waals surface area contributed by atoms with E-state index in [0.29, 0.717) is 35.8 Å². The lowest BCUT2D eigenvalue weighted by atomic mass is 10.0. The summed E-state index contributed by atoms with van der Waals surface area (Å²) in [6, 6.07) is 8.70. The van der Waals surface area contributed by atoms with E-state index in [1.165, 1.54) is 13.2 Å². The number of amides is 1. The number of hydrogen-bond donors (Lipinski definition) is 1. The van der Waals surface area contributed by atoms with Crippen LogP contribution in [0.4, 0.5) is 0 Å². The fourth-order valence-corrected chi connectivity index (χ4v) is 3.14. The quantitative estimate of drug-likeness (QED) is 0.926. The molecule has 5 nitrogen and oxygen atoms in total. The number of benzene rings is 1. The van der Waals surface area contributed by atoms with Crippen molar-refractivity contribution in [3.63, 3.8) is 0 Å². The molecule has 0 aliphatic carbocycles. The molecule has 0 spiro atoms. The number of nitrogens with one attached hydrogen (secondary N) is 1. The largest absolute Gasteiger partial charge is 0.496 e. The van der Waals surface area contributed by atoms with Crippen LogP contribution in [-0.4, -0.2) is 17.6 Å². The van der Waals surface area contributed by atoms with Gasteiger partial charge in [-0.2, -0.15) is 0 Å². The number of fused-ring (bicyclic) bond motifs is 1. The highest BCUT2D eigenvalue weighted by Gasteiger charge is 2.23. The van der Waals surface area contributed by atoms with Crippen molar-refractivity contribution in [2.45, 2.75) is 32.4 Å². The highest BCUT2D eigenvalue weighted by atomic mass is 35.5. The van der Waals surface area contributed by atoms with Crippen molar-refractivity contribution in [2.75, 3.05) is 7.11 Å². The first-order chi connectivity index (χ1) is 11.6. The van der Waals surface area contributed by atoms with E-state index in [4.69, 9.17) is 16.3 Å². The molecule has 0 atom stereocenters. The Bertz CT molecular complexity index is 812. The number of ether oxygens (including phenoxy) is 1. The molecular formula is C18H19ClN2O3. The molecule has 1 aliphatic rings. The summed E-state index contributed by atoms with van der Waals surface area (Å²) in [4.78, 5) is 24.9. The minimum absolute atomic E-state index is 0.115. The van der Waals surface area contributed by atoms with Gasteiger partial charge in [-0.3, -0.25) is 9.59 Å². The van der Waals surface area contributed by atoms with Gasteiger partial charge in [-0.15, -0.1) is 0 Å². The summed E-state index contributed by atoms with van der Waals surface area (Å²) >= 11 is 5.87. The summed E-state index contributed by atoms with van der Waals surface area (Å²) in [5, 5.41) is 3.56. The highest BCUT2D eigenvalue weighted by Crippen LogP contribution is 2.25. The molecule has 6 heteroatoms. The zero-order chi connectivity index (χ0) is 17.1. The monoisotopic (exact) mass is 346 g/mol. The van der Waals surface area contributed by atoms with Gasteiger partial charge in [0.15, 0.2) is 0 Å². The van der Waals surface area contributed by atoms with Crippen molar-refractivity contribution in [1.29, 1.82) is 0 Å². The minimum Gasteiger partial charge on any atom is -0.496 e. The third kappa shape index (κ3) is 3.31. The van der Waals surface area contributed by atoms with E-state index in [9.17, 15) is 9.59 Å². The van der Waals surface area contributed by atoms with E-state index >= 15 is 0 Å². The van der Waals surface area contributed by atoms with Crippen LogP contribution in [0.2, 0.25) is 5.02 Å². The second-order valence-corrected chi connectivity index (χ2v) is 6.23. The maximum atomic E-state index is 12.7. The smallest absolute Gasteiger partial charge is 0.257 e. The maximum absolute atomic E-state index is 12.7. The predicted molar refractivity (Wildman–Crippen MR) is 92.8 cm³/mol. The summed E-state index contributed by atoms with van der Waals surface area (Å²) < 4.78 is 6.97. The average molecular weight is 347 g/mol. The Balaban J connectivity index is 1.88.